The monoisotopic (exact) mass is 352 g/mol. The van der Waals surface area contributed by atoms with Crippen molar-refractivity contribution in [1.82, 2.24) is 5.32 Å². The summed E-state index contributed by atoms with van der Waals surface area (Å²) in [5.41, 5.74) is 0.735. The minimum Gasteiger partial charge on any atom is -0.461 e. The molecule has 0 saturated heterocycles. The molecule has 6 heteroatoms. The first-order valence-corrected chi connectivity index (χ1v) is 7.57. The van der Waals surface area contributed by atoms with Crippen LogP contribution in [0, 0.1) is 10.1 Å². The molecule has 0 bridgehead atoms. The highest BCUT2D eigenvalue weighted by molar-refractivity contribution is 9.10. The number of likely N-dealkylation sites (N-methyl/N-ethyl adjacent to an activating group) is 1. The average molecular weight is 353 g/mol. The van der Waals surface area contributed by atoms with Crippen molar-refractivity contribution < 1.29 is 9.34 Å². The smallest absolute Gasteiger partial charge is 0.270 e. The molecule has 112 valence electrons. The summed E-state index contributed by atoms with van der Waals surface area (Å²) in [6.07, 6.45) is 0.778. The fourth-order valence-electron chi connectivity index (χ4n) is 2.17. The summed E-state index contributed by atoms with van der Waals surface area (Å²) in [6.45, 7) is 5.06. The summed E-state index contributed by atoms with van der Waals surface area (Å²) in [7, 11) is 0. The van der Waals surface area contributed by atoms with Gasteiger partial charge in [0.2, 0.25) is 0 Å². The second kappa shape index (κ2) is 6.87. The molecule has 1 N–H and O–H groups in total. The van der Waals surface area contributed by atoms with Gasteiger partial charge in [0, 0.05) is 34.6 Å². The third kappa shape index (κ3) is 3.92. The largest absolute Gasteiger partial charge is 0.461 e. The summed E-state index contributed by atoms with van der Waals surface area (Å²) in [5, 5.41) is 14.2. The van der Waals surface area contributed by atoms with Crippen LogP contribution in [0.1, 0.15) is 19.6 Å². The zero-order chi connectivity index (χ0) is 15.4. The molecule has 2 rings (SSSR count). The molecule has 1 unspecified atom stereocenters. The summed E-state index contributed by atoms with van der Waals surface area (Å²) in [5.74, 6) is 1.49. The van der Waals surface area contributed by atoms with Gasteiger partial charge >= 0.3 is 0 Å². The molecule has 2 aromatic rings. The Morgan fingerprint density at radius 3 is 2.81 bits per heavy atom. The number of nitrogens with zero attached hydrogens (tertiary/aromatic N) is 1. The molecule has 21 heavy (non-hydrogen) atoms. The second-order valence-electron chi connectivity index (χ2n) is 4.85. The normalized spacial score (nSPS) is 12.3. The highest BCUT2D eigenvalue weighted by Crippen LogP contribution is 2.33. The Balaban J connectivity index is 2.25. The van der Waals surface area contributed by atoms with Gasteiger partial charge in [-0.25, -0.2) is 0 Å². The molecular weight excluding hydrogens is 336 g/mol. The Bertz CT molecular complexity index is 640. The average Bonchev–Trinajstić information content (AvgIpc) is 2.87. The van der Waals surface area contributed by atoms with Gasteiger partial charge in [0.15, 0.2) is 0 Å². The van der Waals surface area contributed by atoms with Crippen molar-refractivity contribution >= 4 is 21.6 Å². The van der Waals surface area contributed by atoms with Crippen LogP contribution in [0.4, 0.5) is 5.69 Å². The molecule has 0 fully saturated rings. The fourth-order valence-corrected chi connectivity index (χ4v) is 2.61. The van der Waals surface area contributed by atoms with Gasteiger partial charge in [0.1, 0.15) is 11.5 Å². The third-order valence-corrected chi connectivity index (χ3v) is 3.84. The number of halogens is 1. The van der Waals surface area contributed by atoms with Crippen LogP contribution in [0.15, 0.2) is 39.2 Å². The number of non-ortho nitro benzene ring substituents is 1. The zero-order valence-corrected chi connectivity index (χ0v) is 13.5. The maximum Gasteiger partial charge on any atom is 0.270 e. The standard InChI is InChI=1S/C15H17BrN2O3/c1-3-17-10(2)8-12-5-7-15(21-12)13-9-11(18(19)20)4-6-14(13)16/h4-7,9-10,17H,3,8H2,1-2H3. The first-order valence-electron chi connectivity index (χ1n) is 6.77. The number of nitrogens with one attached hydrogen (secondary N) is 1. The van der Waals surface area contributed by atoms with E-state index in [9.17, 15) is 10.1 Å². The van der Waals surface area contributed by atoms with Crippen molar-refractivity contribution in [3.05, 3.63) is 50.7 Å². The van der Waals surface area contributed by atoms with Gasteiger partial charge in [0.05, 0.1) is 4.92 Å². The van der Waals surface area contributed by atoms with E-state index in [2.05, 4.69) is 35.1 Å². The van der Waals surface area contributed by atoms with Gasteiger partial charge in [-0.1, -0.05) is 22.9 Å². The lowest BCUT2D eigenvalue weighted by atomic mass is 10.1. The van der Waals surface area contributed by atoms with Crippen LogP contribution in [0.5, 0.6) is 0 Å². The third-order valence-electron chi connectivity index (χ3n) is 3.15. The molecule has 1 atom stereocenters. The first-order chi connectivity index (χ1) is 10.0. The number of nitro groups is 1. The number of furan rings is 1. The number of benzene rings is 1. The Labute approximate surface area is 131 Å². The molecule has 0 aliphatic rings. The van der Waals surface area contributed by atoms with Crippen LogP contribution in [-0.2, 0) is 6.42 Å². The summed E-state index contributed by atoms with van der Waals surface area (Å²) >= 11 is 3.41. The van der Waals surface area contributed by atoms with Crippen LogP contribution in [0.3, 0.4) is 0 Å². The van der Waals surface area contributed by atoms with Crippen molar-refractivity contribution in [2.45, 2.75) is 26.3 Å². The highest BCUT2D eigenvalue weighted by atomic mass is 79.9. The first kappa shape index (κ1) is 15.7. The van der Waals surface area contributed by atoms with E-state index in [1.807, 2.05) is 12.1 Å². The number of hydrogen-bond donors (Lipinski definition) is 1. The molecule has 0 spiro atoms. The van der Waals surface area contributed by atoms with Crippen molar-refractivity contribution in [1.29, 1.82) is 0 Å². The molecule has 5 nitrogen and oxygen atoms in total. The van der Waals surface area contributed by atoms with E-state index in [1.54, 1.807) is 6.07 Å². The van der Waals surface area contributed by atoms with Crippen molar-refractivity contribution in [3.63, 3.8) is 0 Å². The highest BCUT2D eigenvalue weighted by Gasteiger charge is 2.14. The molecule has 0 saturated carbocycles. The Hall–Kier alpha value is -1.66. The fraction of sp³-hybridized carbons (Fsp3) is 0.333. The summed E-state index contributed by atoms with van der Waals surface area (Å²) < 4.78 is 6.58. The van der Waals surface area contributed by atoms with E-state index in [1.165, 1.54) is 12.1 Å². The quantitative estimate of drug-likeness (QED) is 0.626. The minimum absolute atomic E-state index is 0.0483. The molecule has 1 heterocycles. The number of nitro benzene ring substituents is 1. The lowest BCUT2D eigenvalue weighted by Crippen LogP contribution is -2.27. The van der Waals surface area contributed by atoms with Gasteiger partial charge in [-0.3, -0.25) is 10.1 Å². The van der Waals surface area contributed by atoms with Gasteiger partial charge in [-0.15, -0.1) is 0 Å². The number of rotatable bonds is 6. The predicted molar refractivity (Wildman–Crippen MR) is 85.3 cm³/mol. The van der Waals surface area contributed by atoms with Crippen LogP contribution < -0.4 is 5.32 Å². The van der Waals surface area contributed by atoms with Crippen LogP contribution in [-0.4, -0.2) is 17.5 Å². The van der Waals surface area contributed by atoms with Gasteiger partial charge in [-0.05, 0) is 31.7 Å². The van der Waals surface area contributed by atoms with E-state index in [-0.39, 0.29) is 5.69 Å². The van der Waals surface area contributed by atoms with Gasteiger partial charge in [0.25, 0.3) is 5.69 Å². The predicted octanol–water partition coefficient (Wildman–Crippen LogP) is 4.16. The Morgan fingerprint density at radius 1 is 1.38 bits per heavy atom. The summed E-state index contributed by atoms with van der Waals surface area (Å²) in [6, 6.07) is 8.72. The molecule has 1 aromatic heterocycles. The van der Waals surface area contributed by atoms with Crippen LogP contribution in [0.2, 0.25) is 0 Å². The summed E-state index contributed by atoms with van der Waals surface area (Å²) in [4.78, 5) is 10.5. The molecule has 0 amide bonds. The lowest BCUT2D eigenvalue weighted by Gasteiger charge is -2.09. The Morgan fingerprint density at radius 2 is 2.14 bits per heavy atom. The lowest BCUT2D eigenvalue weighted by molar-refractivity contribution is -0.384. The maximum atomic E-state index is 10.9. The molecule has 0 aliphatic carbocycles. The number of hydrogen-bond acceptors (Lipinski definition) is 4. The van der Waals surface area contributed by atoms with E-state index in [0.717, 1.165) is 23.2 Å². The van der Waals surface area contributed by atoms with E-state index in [0.29, 0.717) is 17.4 Å². The molecule has 0 aliphatic heterocycles. The van der Waals surface area contributed by atoms with E-state index >= 15 is 0 Å². The Kier molecular flexibility index (Phi) is 5.14. The van der Waals surface area contributed by atoms with E-state index in [4.69, 9.17) is 4.42 Å². The molecule has 0 radical (unpaired) electrons. The van der Waals surface area contributed by atoms with Crippen LogP contribution >= 0.6 is 15.9 Å². The second-order valence-corrected chi connectivity index (χ2v) is 5.70. The zero-order valence-electron chi connectivity index (χ0n) is 11.9. The van der Waals surface area contributed by atoms with Crippen LogP contribution in [0.25, 0.3) is 11.3 Å². The molecular formula is C15H17BrN2O3. The van der Waals surface area contributed by atoms with Gasteiger partial charge in [-0.2, -0.15) is 0 Å². The van der Waals surface area contributed by atoms with Crippen molar-refractivity contribution in [2.75, 3.05) is 6.54 Å². The van der Waals surface area contributed by atoms with Crippen molar-refractivity contribution in [3.8, 4) is 11.3 Å². The van der Waals surface area contributed by atoms with Gasteiger partial charge < -0.3 is 9.73 Å². The minimum atomic E-state index is -0.410. The van der Waals surface area contributed by atoms with E-state index < -0.39 is 4.92 Å². The SMILES string of the molecule is CCNC(C)Cc1ccc(-c2cc([N+](=O)[O-])ccc2Br)o1. The van der Waals surface area contributed by atoms with Crippen molar-refractivity contribution in [2.24, 2.45) is 0 Å². The molecule has 1 aromatic carbocycles. The maximum absolute atomic E-state index is 10.9. The topological polar surface area (TPSA) is 68.3 Å².